The Balaban J connectivity index is 2.33. The highest BCUT2D eigenvalue weighted by Crippen LogP contribution is 2.10. The molecule has 8 heteroatoms. The lowest BCUT2D eigenvalue weighted by atomic mass is 10.0. The molecule has 1 aliphatic heterocycles. The number of ether oxygens (including phenoxy) is 1. The van der Waals surface area contributed by atoms with Crippen molar-refractivity contribution in [2.75, 3.05) is 33.3 Å². The highest BCUT2D eigenvalue weighted by atomic mass is 16.5. The lowest BCUT2D eigenvalue weighted by Crippen LogP contribution is -2.53. The van der Waals surface area contributed by atoms with Gasteiger partial charge in [-0.15, -0.1) is 0 Å². The van der Waals surface area contributed by atoms with Crippen molar-refractivity contribution in [2.45, 2.75) is 31.8 Å². The van der Waals surface area contributed by atoms with Gasteiger partial charge in [0.1, 0.15) is 0 Å². The molecule has 4 N–H and O–H groups in total. The summed E-state index contributed by atoms with van der Waals surface area (Å²) < 4.78 is 4.71. The van der Waals surface area contributed by atoms with E-state index in [0.717, 1.165) is 12.8 Å². The summed E-state index contributed by atoms with van der Waals surface area (Å²) in [6.07, 6.45) is 1.44. The second-order valence-corrected chi connectivity index (χ2v) is 4.96. The number of nitrogens with two attached hydrogens (primary N) is 1. The topological polar surface area (TPSA) is 114 Å². The van der Waals surface area contributed by atoms with Gasteiger partial charge < -0.3 is 21.1 Å². The van der Waals surface area contributed by atoms with E-state index in [0.29, 0.717) is 19.6 Å². The molecular formula is C13H24N4O4. The summed E-state index contributed by atoms with van der Waals surface area (Å²) in [5.41, 5.74) is 5.53. The maximum atomic E-state index is 11.8. The quantitative estimate of drug-likeness (QED) is 0.394. The third kappa shape index (κ3) is 5.68. The van der Waals surface area contributed by atoms with Crippen LogP contribution in [0, 0.1) is 0 Å². The van der Waals surface area contributed by atoms with E-state index < -0.39 is 17.9 Å². The van der Waals surface area contributed by atoms with Gasteiger partial charge in [0.25, 0.3) is 0 Å². The Morgan fingerprint density at radius 1 is 1.33 bits per heavy atom. The first-order valence-corrected chi connectivity index (χ1v) is 7.13. The molecular weight excluding hydrogens is 276 g/mol. The summed E-state index contributed by atoms with van der Waals surface area (Å²) in [5, 5.41) is 5.33. The fourth-order valence-electron chi connectivity index (χ4n) is 2.15. The summed E-state index contributed by atoms with van der Waals surface area (Å²) in [6.45, 7) is 3.64. The number of esters is 1. The number of carbonyl (C=O) groups excluding carboxylic acids is 3. The third-order valence-electron chi connectivity index (χ3n) is 3.40. The largest absolute Gasteiger partial charge is 0.464 e. The number of likely N-dealkylation sites (N-methyl/N-ethyl adjacent to an activating group) is 1. The van der Waals surface area contributed by atoms with Gasteiger partial charge in [0, 0.05) is 26.2 Å². The Hall–Kier alpha value is -1.67. The van der Waals surface area contributed by atoms with Gasteiger partial charge in [-0.3, -0.25) is 14.5 Å². The van der Waals surface area contributed by atoms with Crippen molar-refractivity contribution in [3.05, 3.63) is 0 Å². The first-order chi connectivity index (χ1) is 9.97. The van der Waals surface area contributed by atoms with E-state index in [-0.39, 0.29) is 18.6 Å². The SMILES string of the molecule is CCOC(=O)C(N)C(=O)NC1CCN(CC(=O)NC)CC1. The molecule has 1 atom stereocenters. The Morgan fingerprint density at radius 3 is 2.48 bits per heavy atom. The van der Waals surface area contributed by atoms with Crippen LogP contribution in [0.15, 0.2) is 0 Å². The van der Waals surface area contributed by atoms with Gasteiger partial charge in [-0.05, 0) is 19.8 Å². The van der Waals surface area contributed by atoms with Crippen LogP contribution in [0.3, 0.4) is 0 Å². The highest BCUT2D eigenvalue weighted by Gasteiger charge is 2.27. The summed E-state index contributed by atoms with van der Waals surface area (Å²) in [4.78, 5) is 36.5. The number of nitrogens with one attached hydrogen (secondary N) is 2. The van der Waals surface area contributed by atoms with E-state index in [1.807, 2.05) is 4.90 Å². The lowest BCUT2D eigenvalue weighted by molar-refractivity contribution is -0.148. The van der Waals surface area contributed by atoms with Crippen molar-refractivity contribution in [1.82, 2.24) is 15.5 Å². The number of amides is 2. The zero-order chi connectivity index (χ0) is 15.8. The van der Waals surface area contributed by atoms with E-state index in [1.54, 1.807) is 14.0 Å². The zero-order valence-corrected chi connectivity index (χ0v) is 12.6. The van der Waals surface area contributed by atoms with Gasteiger partial charge in [0.05, 0.1) is 13.2 Å². The second kappa shape index (κ2) is 8.58. The molecule has 8 nitrogen and oxygen atoms in total. The molecule has 2 amide bonds. The third-order valence-corrected chi connectivity index (χ3v) is 3.40. The number of nitrogens with zero attached hydrogens (tertiary/aromatic N) is 1. The molecule has 21 heavy (non-hydrogen) atoms. The fourth-order valence-corrected chi connectivity index (χ4v) is 2.15. The fraction of sp³-hybridized carbons (Fsp3) is 0.769. The van der Waals surface area contributed by atoms with Crippen molar-refractivity contribution in [3.8, 4) is 0 Å². The molecule has 0 spiro atoms. The number of hydrogen-bond acceptors (Lipinski definition) is 6. The molecule has 120 valence electrons. The molecule has 0 radical (unpaired) electrons. The second-order valence-electron chi connectivity index (χ2n) is 4.96. The van der Waals surface area contributed by atoms with Gasteiger partial charge in [0.15, 0.2) is 6.04 Å². The molecule has 0 aromatic rings. The van der Waals surface area contributed by atoms with Gasteiger partial charge >= 0.3 is 5.97 Å². The molecule has 1 aliphatic rings. The average Bonchev–Trinajstić information content (AvgIpc) is 2.48. The molecule has 1 fully saturated rings. The van der Waals surface area contributed by atoms with Crippen LogP contribution >= 0.6 is 0 Å². The van der Waals surface area contributed by atoms with Crippen molar-refractivity contribution < 1.29 is 19.1 Å². The number of piperidine rings is 1. The van der Waals surface area contributed by atoms with Crippen LogP contribution in [-0.2, 0) is 19.1 Å². The number of hydrogen-bond donors (Lipinski definition) is 3. The highest BCUT2D eigenvalue weighted by molar-refractivity contribution is 6.01. The molecule has 0 bridgehead atoms. The Kier molecular flexibility index (Phi) is 7.10. The minimum atomic E-state index is -1.28. The van der Waals surface area contributed by atoms with Crippen molar-refractivity contribution in [2.24, 2.45) is 5.73 Å². The minimum Gasteiger partial charge on any atom is -0.464 e. The summed E-state index contributed by atoms with van der Waals surface area (Å²) in [7, 11) is 1.60. The zero-order valence-electron chi connectivity index (χ0n) is 12.6. The number of likely N-dealkylation sites (tertiary alicyclic amines) is 1. The van der Waals surface area contributed by atoms with E-state index in [2.05, 4.69) is 10.6 Å². The maximum absolute atomic E-state index is 11.8. The van der Waals surface area contributed by atoms with Crippen LogP contribution in [0.5, 0.6) is 0 Å². The average molecular weight is 300 g/mol. The Labute approximate surface area is 124 Å². The van der Waals surface area contributed by atoms with E-state index in [1.165, 1.54) is 0 Å². The first-order valence-electron chi connectivity index (χ1n) is 7.13. The molecule has 0 aromatic carbocycles. The van der Waals surface area contributed by atoms with Crippen LogP contribution < -0.4 is 16.4 Å². The Bertz CT molecular complexity index is 380. The summed E-state index contributed by atoms with van der Waals surface area (Å²) in [6, 6.07) is -1.31. The van der Waals surface area contributed by atoms with Gasteiger partial charge in [-0.2, -0.15) is 0 Å². The van der Waals surface area contributed by atoms with Crippen LogP contribution in [0.4, 0.5) is 0 Å². The molecule has 0 aromatic heterocycles. The first kappa shape index (κ1) is 17.4. The predicted molar refractivity (Wildman–Crippen MR) is 76.3 cm³/mol. The van der Waals surface area contributed by atoms with Crippen LogP contribution in [-0.4, -0.2) is 68.1 Å². The summed E-state index contributed by atoms with van der Waals surface area (Å²) >= 11 is 0. The number of carbonyl (C=O) groups is 3. The van der Waals surface area contributed by atoms with E-state index in [4.69, 9.17) is 10.5 Å². The monoisotopic (exact) mass is 300 g/mol. The maximum Gasteiger partial charge on any atom is 0.332 e. The Morgan fingerprint density at radius 2 is 1.95 bits per heavy atom. The van der Waals surface area contributed by atoms with Crippen molar-refractivity contribution in [3.63, 3.8) is 0 Å². The van der Waals surface area contributed by atoms with Gasteiger partial charge in [-0.25, -0.2) is 4.79 Å². The minimum absolute atomic E-state index is 0.0261. The van der Waals surface area contributed by atoms with Gasteiger partial charge in [-0.1, -0.05) is 0 Å². The lowest BCUT2D eigenvalue weighted by Gasteiger charge is -2.32. The standard InChI is InChI=1S/C13H24N4O4/c1-3-21-13(20)11(14)12(19)16-9-4-6-17(7-5-9)8-10(18)15-2/h9,11H,3-8,14H2,1-2H3,(H,15,18)(H,16,19). The molecule has 1 unspecified atom stereocenters. The molecule has 0 saturated carbocycles. The van der Waals surface area contributed by atoms with Crippen molar-refractivity contribution >= 4 is 17.8 Å². The summed E-state index contributed by atoms with van der Waals surface area (Å²) in [5.74, 6) is -1.26. The van der Waals surface area contributed by atoms with Crippen molar-refractivity contribution in [1.29, 1.82) is 0 Å². The van der Waals surface area contributed by atoms with Crippen LogP contribution in [0.2, 0.25) is 0 Å². The number of rotatable bonds is 6. The smallest absolute Gasteiger partial charge is 0.332 e. The van der Waals surface area contributed by atoms with E-state index >= 15 is 0 Å². The molecule has 1 heterocycles. The molecule has 0 aliphatic carbocycles. The molecule has 1 rings (SSSR count). The van der Waals surface area contributed by atoms with Crippen LogP contribution in [0.1, 0.15) is 19.8 Å². The normalized spacial score (nSPS) is 17.9. The predicted octanol–water partition coefficient (Wildman–Crippen LogP) is -1.80. The van der Waals surface area contributed by atoms with Crippen LogP contribution in [0.25, 0.3) is 0 Å². The van der Waals surface area contributed by atoms with E-state index in [9.17, 15) is 14.4 Å². The van der Waals surface area contributed by atoms with Gasteiger partial charge in [0.2, 0.25) is 11.8 Å². The molecule has 1 saturated heterocycles.